The Balaban J connectivity index is 1.92. The Morgan fingerprint density at radius 2 is 2.26 bits per heavy atom. The minimum Gasteiger partial charge on any atom is -0.507 e. The molecule has 0 bridgehead atoms. The zero-order chi connectivity index (χ0) is 16.2. The maximum Gasteiger partial charge on any atom is 0.238 e. The number of ether oxygens (including phenoxy) is 1. The normalized spacial score (nSPS) is 31.2. The third-order valence-corrected chi connectivity index (χ3v) is 5.35. The lowest BCUT2D eigenvalue weighted by Gasteiger charge is -2.34. The first kappa shape index (κ1) is 14.6. The van der Waals surface area contributed by atoms with Gasteiger partial charge in [0.05, 0.1) is 18.6 Å². The van der Waals surface area contributed by atoms with E-state index in [2.05, 4.69) is 5.32 Å². The Labute approximate surface area is 138 Å². The van der Waals surface area contributed by atoms with Crippen LogP contribution in [0, 0.1) is 5.92 Å². The molecule has 23 heavy (non-hydrogen) atoms. The van der Waals surface area contributed by atoms with Gasteiger partial charge in [0.1, 0.15) is 16.9 Å². The fourth-order valence-corrected chi connectivity index (χ4v) is 4.24. The molecule has 1 saturated heterocycles. The lowest BCUT2D eigenvalue weighted by atomic mass is 9.68. The molecule has 1 aliphatic carbocycles. The van der Waals surface area contributed by atoms with Gasteiger partial charge in [-0.1, -0.05) is 12.2 Å². The van der Waals surface area contributed by atoms with E-state index in [4.69, 9.17) is 16.3 Å². The summed E-state index contributed by atoms with van der Waals surface area (Å²) in [5, 5.41) is 23.0. The van der Waals surface area contributed by atoms with Gasteiger partial charge in [-0.3, -0.25) is 4.79 Å². The van der Waals surface area contributed by atoms with E-state index in [1.807, 2.05) is 0 Å². The van der Waals surface area contributed by atoms with Crippen LogP contribution in [0.5, 0.6) is 11.5 Å². The van der Waals surface area contributed by atoms with E-state index in [0.717, 1.165) is 5.56 Å². The van der Waals surface area contributed by atoms with Gasteiger partial charge < -0.3 is 20.3 Å². The SMILES string of the molecule is O=C1NC2=CC=CC(Cl)C2C1(CO)c1cc2c(cc1O)OCC2. The predicted molar refractivity (Wildman–Crippen MR) is 84.6 cm³/mol. The number of carbonyl (C=O) groups excluding carboxylic acids is 1. The zero-order valence-corrected chi connectivity index (χ0v) is 13.0. The Hall–Kier alpha value is -1.98. The molecule has 5 nitrogen and oxygen atoms in total. The monoisotopic (exact) mass is 333 g/mol. The average molecular weight is 334 g/mol. The molecule has 4 rings (SSSR count). The molecule has 0 radical (unpaired) electrons. The number of alkyl halides is 1. The highest BCUT2D eigenvalue weighted by Gasteiger charge is 2.57. The van der Waals surface area contributed by atoms with Gasteiger partial charge >= 0.3 is 0 Å². The van der Waals surface area contributed by atoms with Crippen LogP contribution in [0.4, 0.5) is 0 Å². The highest BCUT2D eigenvalue weighted by Crippen LogP contribution is 2.50. The van der Waals surface area contributed by atoms with Gasteiger partial charge in [-0.2, -0.15) is 0 Å². The molecule has 1 amide bonds. The maximum absolute atomic E-state index is 12.8. The molecule has 0 saturated carbocycles. The fraction of sp³-hybridized carbons (Fsp3) is 0.353. The number of aliphatic hydroxyl groups excluding tert-OH is 1. The molecule has 0 aromatic heterocycles. The van der Waals surface area contributed by atoms with Crippen molar-refractivity contribution in [1.29, 1.82) is 0 Å². The van der Waals surface area contributed by atoms with E-state index in [9.17, 15) is 15.0 Å². The number of benzene rings is 1. The van der Waals surface area contributed by atoms with Crippen molar-refractivity contribution in [2.75, 3.05) is 13.2 Å². The van der Waals surface area contributed by atoms with Crippen molar-refractivity contribution in [3.63, 3.8) is 0 Å². The van der Waals surface area contributed by atoms with E-state index in [0.29, 0.717) is 30.0 Å². The Morgan fingerprint density at radius 1 is 1.43 bits per heavy atom. The Bertz CT molecular complexity index is 757. The summed E-state index contributed by atoms with van der Waals surface area (Å²) in [5.41, 5.74) is 0.692. The van der Waals surface area contributed by atoms with Crippen molar-refractivity contribution in [2.45, 2.75) is 17.2 Å². The van der Waals surface area contributed by atoms with Crippen molar-refractivity contribution in [3.8, 4) is 11.5 Å². The molecule has 3 unspecified atom stereocenters. The van der Waals surface area contributed by atoms with E-state index < -0.39 is 23.3 Å². The molecule has 120 valence electrons. The highest BCUT2D eigenvalue weighted by molar-refractivity contribution is 6.23. The minimum absolute atomic E-state index is 0.0606. The lowest BCUT2D eigenvalue weighted by Crippen LogP contribution is -2.46. The van der Waals surface area contributed by atoms with E-state index in [1.54, 1.807) is 24.3 Å². The molecule has 0 spiro atoms. The van der Waals surface area contributed by atoms with Crippen molar-refractivity contribution in [3.05, 3.63) is 47.2 Å². The van der Waals surface area contributed by atoms with Gasteiger partial charge in [-0.15, -0.1) is 11.6 Å². The summed E-state index contributed by atoms with van der Waals surface area (Å²) in [6, 6.07) is 3.28. The molecule has 3 N–H and O–H groups in total. The molecule has 3 aliphatic rings. The first-order valence-corrected chi connectivity index (χ1v) is 7.95. The number of nitrogens with one attached hydrogen (secondary N) is 1. The van der Waals surface area contributed by atoms with Crippen molar-refractivity contribution in [2.24, 2.45) is 5.92 Å². The smallest absolute Gasteiger partial charge is 0.238 e. The van der Waals surface area contributed by atoms with Crippen LogP contribution in [0.15, 0.2) is 36.1 Å². The van der Waals surface area contributed by atoms with Crippen LogP contribution in [0.2, 0.25) is 0 Å². The summed E-state index contributed by atoms with van der Waals surface area (Å²) in [7, 11) is 0. The summed E-state index contributed by atoms with van der Waals surface area (Å²) in [5.74, 6) is -0.230. The number of rotatable bonds is 2. The molecule has 1 aromatic rings. The molecular weight excluding hydrogens is 318 g/mol. The lowest BCUT2D eigenvalue weighted by molar-refractivity contribution is -0.126. The number of phenols is 1. The largest absolute Gasteiger partial charge is 0.507 e. The first-order chi connectivity index (χ1) is 11.1. The molecule has 1 aromatic carbocycles. The molecule has 2 aliphatic heterocycles. The van der Waals surface area contributed by atoms with Crippen LogP contribution in [-0.2, 0) is 16.6 Å². The average Bonchev–Trinajstić information content (AvgIpc) is 3.08. The number of carbonyl (C=O) groups is 1. The second-order valence-corrected chi connectivity index (χ2v) is 6.59. The number of allylic oxidation sites excluding steroid dienone is 4. The molecule has 3 atom stereocenters. The van der Waals surface area contributed by atoms with Gasteiger partial charge in [0.2, 0.25) is 5.91 Å². The second kappa shape index (κ2) is 5.01. The van der Waals surface area contributed by atoms with E-state index >= 15 is 0 Å². The minimum atomic E-state index is -1.30. The number of fused-ring (bicyclic) bond motifs is 2. The number of halogens is 1. The van der Waals surface area contributed by atoms with Crippen LogP contribution >= 0.6 is 11.6 Å². The van der Waals surface area contributed by atoms with Gasteiger partial charge in [0.15, 0.2) is 0 Å². The zero-order valence-electron chi connectivity index (χ0n) is 12.3. The number of hydrogen-bond donors (Lipinski definition) is 3. The van der Waals surface area contributed by atoms with E-state index in [-0.39, 0.29) is 11.7 Å². The van der Waals surface area contributed by atoms with Gasteiger partial charge in [-0.05, 0) is 17.7 Å². The summed E-state index contributed by atoms with van der Waals surface area (Å²) < 4.78 is 5.45. The van der Waals surface area contributed by atoms with Crippen molar-refractivity contribution >= 4 is 17.5 Å². The summed E-state index contributed by atoms with van der Waals surface area (Å²) in [6.07, 6.45) is 6.07. The number of aromatic hydroxyl groups is 1. The van der Waals surface area contributed by atoms with Crippen molar-refractivity contribution < 1.29 is 19.7 Å². The van der Waals surface area contributed by atoms with Crippen LogP contribution in [-0.4, -0.2) is 34.7 Å². The number of aliphatic hydroxyl groups is 1. The van der Waals surface area contributed by atoms with Crippen LogP contribution in [0.3, 0.4) is 0 Å². The quantitative estimate of drug-likeness (QED) is 0.714. The van der Waals surface area contributed by atoms with Crippen molar-refractivity contribution in [1.82, 2.24) is 5.32 Å². The number of amides is 1. The number of hydrogen-bond acceptors (Lipinski definition) is 4. The first-order valence-electron chi connectivity index (χ1n) is 7.52. The second-order valence-electron chi connectivity index (χ2n) is 6.09. The van der Waals surface area contributed by atoms with Gasteiger partial charge in [0.25, 0.3) is 0 Å². The predicted octanol–water partition coefficient (Wildman–Crippen LogP) is 1.36. The number of phenolic OH excluding ortho intramolecular Hbond substituents is 1. The molecule has 2 heterocycles. The summed E-state index contributed by atoms with van der Waals surface area (Å²) in [4.78, 5) is 12.8. The third-order valence-electron chi connectivity index (χ3n) is 4.96. The van der Waals surface area contributed by atoms with Crippen LogP contribution in [0.1, 0.15) is 11.1 Å². The third kappa shape index (κ3) is 1.87. The highest BCUT2D eigenvalue weighted by atomic mass is 35.5. The Morgan fingerprint density at radius 3 is 3.04 bits per heavy atom. The van der Waals surface area contributed by atoms with Gasteiger partial charge in [0, 0.05) is 29.7 Å². The maximum atomic E-state index is 12.8. The van der Waals surface area contributed by atoms with E-state index in [1.165, 1.54) is 6.07 Å². The molecule has 1 fully saturated rings. The topological polar surface area (TPSA) is 78.8 Å². The summed E-state index contributed by atoms with van der Waals surface area (Å²) >= 11 is 6.43. The molecular formula is C17H16ClNO4. The standard InChI is InChI=1S/C17H16ClNO4/c18-11-2-1-3-12-15(11)17(8-20,16(22)19-12)10-6-9-4-5-23-14(9)7-13(10)21/h1-3,6-7,11,15,20-21H,4-5,8H2,(H,19,22). The summed E-state index contributed by atoms with van der Waals surface area (Å²) in [6.45, 7) is 0.108. The van der Waals surface area contributed by atoms with Gasteiger partial charge in [-0.25, -0.2) is 0 Å². The molecule has 6 heteroatoms. The van der Waals surface area contributed by atoms with Crippen LogP contribution in [0.25, 0.3) is 0 Å². The Kier molecular flexibility index (Phi) is 3.18. The fourth-order valence-electron chi connectivity index (χ4n) is 3.81. The van der Waals surface area contributed by atoms with Crippen LogP contribution < -0.4 is 10.1 Å².